The topological polar surface area (TPSA) is 46.3 Å². The maximum Gasteiger partial charge on any atom is 0.225 e. The summed E-state index contributed by atoms with van der Waals surface area (Å²) in [6.07, 6.45) is 6.55. The second-order valence-electron chi connectivity index (χ2n) is 7.26. The summed E-state index contributed by atoms with van der Waals surface area (Å²) < 4.78 is 0. The average molecular weight is 266 g/mol. The Hall–Kier alpha value is -0.570. The molecule has 3 atom stereocenters. The van der Waals surface area contributed by atoms with Crippen LogP contribution in [0.15, 0.2) is 0 Å². The molecule has 1 saturated carbocycles. The highest BCUT2D eigenvalue weighted by atomic mass is 16.2. The molecule has 19 heavy (non-hydrogen) atoms. The zero-order chi connectivity index (χ0) is 14.0. The molecule has 3 unspecified atom stereocenters. The molecule has 0 aromatic rings. The number of hydrogen-bond donors (Lipinski definition) is 1. The van der Waals surface area contributed by atoms with E-state index in [4.69, 9.17) is 5.73 Å². The van der Waals surface area contributed by atoms with E-state index < -0.39 is 0 Å². The minimum absolute atomic E-state index is 0.185. The van der Waals surface area contributed by atoms with Crippen LogP contribution in [0.25, 0.3) is 0 Å². The number of carbonyl (C=O) groups is 1. The fraction of sp³-hybridized carbons (Fsp3) is 0.938. The van der Waals surface area contributed by atoms with Crippen molar-refractivity contribution in [2.75, 3.05) is 13.1 Å². The smallest absolute Gasteiger partial charge is 0.225 e. The van der Waals surface area contributed by atoms with Gasteiger partial charge in [-0.15, -0.1) is 0 Å². The lowest BCUT2D eigenvalue weighted by atomic mass is 9.76. The molecule has 1 amide bonds. The van der Waals surface area contributed by atoms with Crippen LogP contribution in [0.1, 0.15) is 59.3 Å². The Morgan fingerprint density at radius 2 is 1.89 bits per heavy atom. The Labute approximate surface area is 117 Å². The van der Waals surface area contributed by atoms with Crippen LogP contribution in [0.4, 0.5) is 0 Å². The lowest BCUT2D eigenvalue weighted by Crippen LogP contribution is -2.47. The van der Waals surface area contributed by atoms with Crippen molar-refractivity contribution in [3.63, 3.8) is 0 Å². The highest BCUT2D eigenvalue weighted by molar-refractivity contribution is 5.79. The van der Waals surface area contributed by atoms with Crippen molar-refractivity contribution in [2.45, 2.75) is 65.3 Å². The Morgan fingerprint density at radius 1 is 1.26 bits per heavy atom. The number of carbonyl (C=O) groups excluding carboxylic acids is 1. The fourth-order valence-corrected chi connectivity index (χ4v) is 3.74. The molecule has 0 spiro atoms. The van der Waals surface area contributed by atoms with Crippen molar-refractivity contribution >= 4 is 5.91 Å². The minimum atomic E-state index is 0.185. The first-order valence-corrected chi connectivity index (χ1v) is 7.98. The molecule has 3 nitrogen and oxygen atoms in total. The summed E-state index contributed by atoms with van der Waals surface area (Å²) in [5, 5.41) is 0. The van der Waals surface area contributed by atoms with Crippen LogP contribution < -0.4 is 5.73 Å². The first kappa shape index (κ1) is 14.8. The van der Waals surface area contributed by atoms with Gasteiger partial charge in [0.2, 0.25) is 5.91 Å². The van der Waals surface area contributed by atoms with Crippen LogP contribution in [-0.2, 0) is 4.79 Å². The van der Waals surface area contributed by atoms with Crippen LogP contribution in [0.2, 0.25) is 0 Å². The highest BCUT2D eigenvalue weighted by Crippen LogP contribution is 2.36. The van der Waals surface area contributed by atoms with Crippen molar-refractivity contribution in [1.29, 1.82) is 0 Å². The molecule has 0 radical (unpaired) electrons. The van der Waals surface area contributed by atoms with Gasteiger partial charge in [-0.2, -0.15) is 0 Å². The van der Waals surface area contributed by atoms with Gasteiger partial charge in [-0.25, -0.2) is 0 Å². The first-order chi connectivity index (χ1) is 8.93. The van der Waals surface area contributed by atoms with Crippen LogP contribution in [0, 0.1) is 17.3 Å². The van der Waals surface area contributed by atoms with Crippen molar-refractivity contribution in [3.05, 3.63) is 0 Å². The van der Waals surface area contributed by atoms with E-state index >= 15 is 0 Å². The van der Waals surface area contributed by atoms with Gasteiger partial charge in [-0.3, -0.25) is 4.79 Å². The van der Waals surface area contributed by atoms with E-state index in [-0.39, 0.29) is 12.0 Å². The summed E-state index contributed by atoms with van der Waals surface area (Å²) in [6.45, 7) is 8.74. The normalized spacial score (nSPS) is 35.2. The fourth-order valence-electron chi connectivity index (χ4n) is 3.74. The third-order valence-corrected chi connectivity index (χ3v) is 5.46. The summed E-state index contributed by atoms with van der Waals surface area (Å²) in [4.78, 5) is 14.7. The third kappa shape index (κ3) is 3.50. The largest absolute Gasteiger partial charge is 0.342 e. The SMILES string of the molecule is CCC1(C)CCN(C(=O)C2CC(C)CC(N)C2)CC1. The third-order valence-electron chi connectivity index (χ3n) is 5.46. The van der Waals surface area contributed by atoms with E-state index in [0.717, 1.165) is 45.2 Å². The van der Waals surface area contributed by atoms with Gasteiger partial charge >= 0.3 is 0 Å². The number of piperidine rings is 1. The van der Waals surface area contributed by atoms with Crippen molar-refractivity contribution < 1.29 is 4.79 Å². The van der Waals surface area contributed by atoms with E-state index in [1.54, 1.807) is 0 Å². The summed E-state index contributed by atoms with van der Waals surface area (Å²) in [6, 6.07) is 0.225. The summed E-state index contributed by atoms with van der Waals surface area (Å²) >= 11 is 0. The van der Waals surface area contributed by atoms with Gasteiger partial charge in [0.25, 0.3) is 0 Å². The van der Waals surface area contributed by atoms with Gasteiger partial charge in [0, 0.05) is 25.0 Å². The van der Waals surface area contributed by atoms with Crippen molar-refractivity contribution in [2.24, 2.45) is 23.0 Å². The molecule has 1 aliphatic carbocycles. The molecule has 1 saturated heterocycles. The average Bonchev–Trinajstić information content (AvgIpc) is 2.38. The minimum Gasteiger partial charge on any atom is -0.342 e. The molecule has 0 aromatic heterocycles. The molecule has 1 heterocycles. The summed E-state index contributed by atoms with van der Waals surface area (Å²) in [5.41, 5.74) is 6.53. The molecule has 2 rings (SSSR count). The molecule has 0 aromatic carbocycles. The highest BCUT2D eigenvalue weighted by Gasteiger charge is 2.35. The van der Waals surface area contributed by atoms with Gasteiger partial charge in [0.1, 0.15) is 0 Å². The van der Waals surface area contributed by atoms with Crippen molar-refractivity contribution in [3.8, 4) is 0 Å². The Kier molecular flexibility index (Phi) is 4.54. The lowest BCUT2D eigenvalue weighted by molar-refractivity contribution is -0.139. The second kappa shape index (κ2) is 5.82. The number of hydrogen-bond acceptors (Lipinski definition) is 2. The quantitative estimate of drug-likeness (QED) is 0.835. The summed E-state index contributed by atoms with van der Waals surface area (Å²) in [5.74, 6) is 1.16. The van der Waals surface area contributed by atoms with E-state index in [2.05, 4.69) is 25.7 Å². The molecule has 2 fully saturated rings. The maximum absolute atomic E-state index is 12.6. The van der Waals surface area contributed by atoms with Crippen LogP contribution in [-0.4, -0.2) is 29.9 Å². The van der Waals surface area contributed by atoms with E-state index in [1.807, 2.05) is 0 Å². The maximum atomic E-state index is 12.6. The molecule has 2 N–H and O–H groups in total. The van der Waals surface area contributed by atoms with Crippen LogP contribution in [0.5, 0.6) is 0 Å². The van der Waals surface area contributed by atoms with Gasteiger partial charge < -0.3 is 10.6 Å². The predicted molar refractivity (Wildman–Crippen MR) is 78.7 cm³/mol. The number of amides is 1. The number of rotatable bonds is 2. The first-order valence-electron chi connectivity index (χ1n) is 7.98. The van der Waals surface area contributed by atoms with E-state index in [0.29, 0.717) is 17.2 Å². The molecule has 0 bridgehead atoms. The van der Waals surface area contributed by atoms with E-state index in [1.165, 1.54) is 6.42 Å². The van der Waals surface area contributed by atoms with Gasteiger partial charge in [0.15, 0.2) is 0 Å². The van der Waals surface area contributed by atoms with Gasteiger partial charge in [0.05, 0.1) is 0 Å². The molecular formula is C16H30N2O. The Bertz CT molecular complexity index is 311. The van der Waals surface area contributed by atoms with Crippen LogP contribution in [0.3, 0.4) is 0 Å². The summed E-state index contributed by atoms with van der Waals surface area (Å²) in [7, 11) is 0. The zero-order valence-electron chi connectivity index (χ0n) is 12.8. The second-order valence-corrected chi connectivity index (χ2v) is 7.26. The molecule has 110 valence electrons. The zero-order valence-corrected chi connectivity index (χ0v) is 12.8. The number of nitrogens with two attached hydrogens (primary N) is 1. The van der Waals surface area contributed by atoms with E-state index in [9.17, 15) is 4.79 Å². The van der Waals surface area contributed by atoms with Gasteiger partial charge in [-0.05, 0) is 43.4 Å². The van der Waals surface area contributed by atoms with Crippen LogP contribution >= 0.6 is 0 Å². The molecule has 2 aliphatic rings. The molecular weight excluding hydrogens is 236 g/mol. The Morgan fingerprint density at radius 3 is 2.42 bits per heavy atom. The Balaban J connectivity index is 1.90. The predicted octanol–water partition coefficient (Wildman–Crippen LogP) is 2.79. The standard InChI is InChI=1S/C16H30N2O/c1-4-16(3)5-7-18(8-6-16)15(19)13-9-12(2)10-14(17)11-13/h12-14H,4-11,17H2,1-3H3. The molecule has 3 heteroatoms. The van der Waals surface area contributed by atoms with Crippen molar-refractivity contribution in [1.82, 2.24) is 4.90 Å². The number of likely N-dealkylation sites (tertiary alicyclic amines) is 1. The van der Waals surface area contributed by atoms with Gasteiger partial charge in [-0.1, -0.05) is 27.2 Å². The monoisotopic (exact) mass is 266 g/mol. The lowest BCUT2D eigenvalue weighted by Gasteiger charge is -2.41. The molecule has 1 aliphatic heterocycles. The number of nitrogens with zero attached hydrogens (tertiary/aromatic N) is 1.